The first-order chi connectivity index (χ1) is 56.0. The second kappa shape index (κ2) is 25.9. The first kappa shape index (κ1) is 64.1. The van der Waals surface area contributed by atoms with Crippen LogP contribution in [0.4, 0.5) is 0 Å². The van der Waals surface area contributed by atoms with E-state index in [1.54, 1.807) is 0 Å². The molecular weight excluding hydrogens is 1400 g/mol. The third-order valence-corrected chi connectivity index (χ3v) is 23.9. The normalized spacial score (nSPS) is 11.9. The number of hydrogen-bond donors (Lipinski definition) is 0. The predicted molar refractivity (Wildman–Crippen MR) is 472 cm³/mol. The second-order valence-electron chi connectivity index (χ2n) is 29.1. The molecule has 0 N–H and O–H groups in total. The topological polar surface area (TPSA) is 79.5 Å². The highest BCUT2D eigenvalue weighted by Crippen LogP contribution is 2.46. The summed E-state index contributed by atoms with van der Waals surface area (Å²) in [5.41, 5.74) is 24.7. The Morgan fingerprint density at radius 2 is 0.708 bits per heavy atom. The maximum Gasteiger partial charge on any atom is 0.164 e. The number of hydrogen-bond acceptors (Lipinski definition) is 6. The fraction of sp³-hybridized carbons (Fsp3) is 0. The third-order valence-electron chi connectivity index (χ3n) is 22.7. The van der Waals surface area contributed by atoms with Crippen LogP contribution in [0.1, 0.15) is 0 Å². The lowest BCUT2D eigenvalue weighted by atomic mass is 10.00. The number of thiophene rings is 1. The van der Waals surface area contributed by atoms with Crippen LogP contribution in [0.15, 0.2) is 387 Å². The van der Waals surface area contributed by atoms with E-state index in [4.69, 9.17) is 24.4 Å². The van der Waals surface area contributed by atoms with Crippen molar-refractivity contribution in [3.05, 3.63) is 382 Å². The molecule has 0 bridgehead atoms. The summed E-state index contributed by atoms with van der Waals surface area (Å²) in [5.74, 6) is 1.37. The molecule has 7 aromatic heterocycles. The van der Waals surface area contributed by atoms with Gasteiger partial charge in [-0.15, -0.1) is 11.3 Å². The Kier molecular flexibility index (Phi) is 14.7. The molecule has 0 aliphatic rings. The molecule has 24 aromatic rings. The first-order valence-electron chi connectivity index (χ1n) is 38.2. The lowest BCUT2D eigenvalue weighted by molar-refractivity contribution is 0.669. The SMILES string of the molecule is c1ccc(-c2nc(-c3cccc(-c4cccc5c4sc4ccc(-n6c7ccccc7c7cc(-c8ccc9c(c8)c8ccccc8n9-c8ccccc8)ccc76)cc45)c3)nc3ccccc23)cc1.c1ccc(-c2nc(-c3cccc4c3oc3ccc(-n5c6ccccc6c6c7ccccc7ccc65)cc34)nc3ccccc23)cc1. The van der Waals surface area contributed by atoms with E-state index < -0.39 is 0 Å². The van der Waals surface area contributed by atoms with Gasteiger partial charge in [0, 0.05) is 108 Å². The molecule has 0 atom stereocenters. The molecule has 0 aliphatic carbocycles. The van der Waals surface area contributed by atoms with E-state index in [1.807, 2.05) is 59.9 Å². The zero-order chi connectivity index (χ0) is 74.2. The minimum Gasteiger partial charge on any atom is -0.455 e. The fourth-order valence-electron chi connectivity index (χ4n) is 17.6. The van der Waals surface area contributed by atoms with Gasteiger partial charge in [-0.2, -0.15) is 0 Å². The third kappa shape index (κ3) is 10.4. The molecule has 0 saturated heterocycles. The zero-order valence-electron chi connectivity index (χ0n) is 60.8. The van der Waals surface area contributed by atoms with E-state index in [9.17, 15) is 0 Å². The minimum atomic E-state index is 0.650. The first-order valence-corrected chi connectivity index (χ1v) is 39.1. The molecule has 17 aromatic carbocycles. The van der Waals surface area contributed by atoms with E-state index in [-0.39, 0.29) is 0 Å². The van der Waals surface area contributed by atoms with Crippen LogP contribution in [0.3, 0.4) is 0 Å². The maximum atomic E-state index is 6.61. The molecule has 0 fully saturated rings. The monoisotopic (exact) mass is 1460 g/mol. The molecule has 526 valence electrons. The predicted octanol–water partition coefficient (Wildman–Crippen LogP) is 28.0. The van der Waals surface area contributed by atoms with Crippen molar-refractivity contribution >= 4 is 151 Å². The molecule has 24 rings (SSSR count). The molecule has 0 amide bonds. The van der Waals surface area contributed by atoms with Crippen LogP contribution in [0.5, 0.6) is 0 Å². The van der Waals surface area contributed by atoms with Gasteiger partial charge in [-0.05, 0) is 154 Å². The molecule has 0 saturated carbocycles. The van der Waals surface area contributed by atoms with E-state index >= 15 is 0 Å². The van der Waals surface area contributed by atoms with Gasteiger partial charge < -0.3 is 18.1 Å². The average Bonchev–Trinajstić information content (AvgIpc) is 1.58. The van der Waals surface area contributed by atoms with Crippen molar-refractivity contribution in [1.82, 2.24) is 33.6 Å². The molecule has 7 heterocycles. The summed E-state index contributed by atoms with van der Waals surface area (Å²) in [5, 5.41) is 16.7. The van der Waals surface area contributed by atoms with Gasteiger partial charge in [0.15, 0.2) is 11.6 Å². The van der Waals surface area contributed by atoms with Crippen LogP contribution in [0, 0.1) is 0 Å². The summed E-state index contributed by atoms with van der Waals surface area (Å²) >= 11 is 1.86. The van der Waals surface area contributed by atoms with Crippen molar-refractivity contribution in [3.8, 4) is 84.6 Å². The van der Waals surface area contributed by atoms with Crippen molar-refractivity contribution in [1.29, 1.82) is 0 Å². The Hall–Kier alpha value is -14.9. The second-order valence-corrected chi connectivity index (χ2v) is 30.2. The van der Waals surface area contributed by atoms with Gasteiger partial charge in [0.1, 0.15) is 11.2 Å². The van der Waals surface area contributed by atoms with Gasteiger partial charge in [0.2, 0.25) is 0 Å². The van der Waals surface area contributed by atoms with E-state index in [2.05, 4.69) is 347 Å². The van der Waals surface area contributed by atoms with Crippen LogP contribution < -0.4 is 0 Å². The Labute approximate surface area is 651 Å². The van der Waals surface area contributed by atoms with Crippen LogP contribution >= 0.6 is 11.3 Å². The summed E-state index contributed by atoms with van der Waals surface area (Å²) in [6.07, 6.45) is 0. The fourth-order valence-corrected chi connectivity index (χ4v) is 18.8. The summed E-state index contributed by atoms with van der Waals surface area (Å²) in [6.45, 7) is 0. The molecule has 8 nitrogen and oxygen atoms in total. The van der Waals surface area contributed by atoms with Crippen LogP contribution in [0.2, 0.25) is 0 Å². The molecule has 0 aliphatic heterocycles. The zero-order valence-corrected chi connectivity index (χ0v) is 61.6. The van der Waals surface area contributed by atoms with E-state index in [1.165, 1.54) is 119 Å². The smallest absolute Gasteiger partial charge is 0.164 e. The van der Waals surface area contributed by atoms with Crippen molar-refractivity contribution in [2.75, 3.05) is 0 Å². The molecule has 9 heteroatoms. The minimum absolute atomic E-state index is 0.650. The van der Waals surface area contributed by atoms with Crippen LogP contribution in [0.25, 0.3) is 225 Å². The number of rotatable bonds is 9. The van der Waals surface area contributed by atoms with Crippen LogP contribution in [-0.4, -0.2) is 33.6 Å². The molecule has 0 radical (unpaired) electrons. The number of furan rings is 1. The Bertz CT molecular complexity index is 8010. The standard InChI is InChI=1S/C62H38N4S.C42H25N3O/c1-3-15-39(16-4-1)60-50-23-7-10-26-54(50)63-62(64-60)43-18-13-17-42(35-43)46-24-14-25-49-53-38-45(31-34-59(53)67-61(46)49)66-56-28-12-9-22-48(56)52-37-41(30-33-58(52)66)40-29-32-57-51(36-40)47-21-8-11-27-55(47)65(57)44-19-5-2-6-20-44;1-2-12-27(13-3-1)40-31-15-6-8-19-35(31)43-42(44-40)33-18-10-17-30-34-25-28(22-24-38(34)46-41(30)33)45-36-20-9-7-16-32(36)39-29-14-5-4-11-26(29)21-23-37(39)45/h1-38H;1-25H. The number of aromatic nitrogens is 7. The number of nitrogens with zero attached hydrogens (tertiary/aromatic N) is 7. The number of para-hydroxylation sites is 7. The number of benzene rings is 17. The van der Waals surface area contributed by atoms with Crippen LogP contribution in [-0.2, 0) is 0 Å². The van der Waals surface area contributed by atoms with Crippen molar-refractivity contribution in [2.45, 2.75) is 0 Å². The summed E-state index contributed by atoms with van der Waals surface area (Å²) in [6, 6.07) is 136. The maximum absolute atomic E-state index is 6.61. The quantitative estimate of drug-likeness (QED) is 0.144. The highest BCUT2D eigenvalue weighted by Gasteiger charge is 2.23. The highest BCUT2D eigenvalue weighted by molar-refractivity contribution is 7.26. The Balaban J connectivity index is 0.000000144. The van der Waals surface area contributed by atoms with Gasteiger partial charge >= 0.3 is 0 Å². The van der Waals surface area contributed by atoms with Gasteiger partial charge in [-0.25, -0.2) is 19.9 Å². The van der Waals surface area contributed by atoms with Gasteiger partial charge in [-0.3, -0.25) is 0 Å². The molecule has 113 heavy (non-hydrogen) atoms. The van der Waals surface area contributed by atoms with Gasteiger partial charge in [0.05, 0.1) is 61.1 Å². The average molecular weight is 1460 g/mol. The summed E-state index contributed by atoms with van der Waals surface area (Å²) in [4.78, 5) is 20.4. The van der Waals surface area contributed by atoms with Crippen molar-refractivity contribution < 1.29 is 4.42 Å². The largest absolute Gasteiger partial charge is 0.455 e. The highest BCUT2D eigenvalue weighted by atomic mass is 32.1. The summed E-state index contributed by atoms with van der Waals surface area (Å²) in [7, 11) is 0. The van der Waals surface area contributed by atoms with Gasteiger partial charge in [0.25, 0.3) is 0 Å². The molecular formula is C104H63N7OS. The van der Waals surface area contributed by atoms with Crippen molar-refractivity contribution in [2.24, 2.45) is 0 Å². The lowest BCUT2D eigenvalue weighted by Gasteiger charge is -2.11. The Morgan fingerprint density at radius 1 is 0.239 bits per heavy atom. The van der Waals surface area contributed by atoms with E-state index in [0.29, 0.717) is 5.82 Å². The number of fused-ring (bicyclic) bond motifs is 19. The van der Waals surface area contributed by atoms with Gasteiger partial charge in [-0.1, -0.05) is 261 Å². The van der Waals surface area contributed by atoms with E-state index in [0.717, 1.165) is 100 Å². The molecule has 0 unspecified atom stereocenters. The lowest BCUT2D eigenvalue weighted by Crippen LogP contribution is -1.95. The Morgan fingerprint density at radius 3 is 1.38 bits per heavy atom. The molecule has 0 spiro atoms. The van der Waals surface area contributed by atoms with Crippen molar-refractivity contribution in [3.63, 3.8) is 0 Å². The summed E-state index contributed by atoms with van der Waals surface area (Å²) < 4.78 is 16.3.